The molecule has 17 heavy (non-hydrogen) atoms. The maximum atomic E-state index is 6.03. The van der Waals surface area contributed by atoms with Crippen molar-refractivity contribution in [3.8, 4) is 0 Å². The summed E-state index contributed by atoms with van der Waals surface area (Å²) in [6, 6.07) is 2.17. The highest BCUT2D eigenvalue weighted by molar-refractivity contribution is 5.07. The lowest BCUT2D eigenvalue weighted by Crippen LogP contribution is -2.58. The minimum atomic E-state index is 0.0875. The maximum absolute atomic E-state index is 6.03. The lowest BCUT2D eigenvalue weighted by Gasteiger charge is -2.53. The predicted molar refractivity (Wildman–Crippen MR) is 72.2 cm³/mol. The second-order valence-corrected chi connectivity index (χ2v) is 7.28. The van der Waals surface area contributed by atoms with Crippen LogP contribution in [0.5, 0.6) is 0 Å². The van der Waals surface area contributed by atoms with Crippen molar-refractivity contribution in [1.82, 2.24) is 4.90 Å². The van der Waals surface area contributed by atoms with Crippen LogP contribution in [-0.2, 0) is 4.74 Å². The lowest BCUT2D eigenvalue weighted by molar-refractivity contribution is -0.148. The fourth-order valence-corrected chi connectivity index (χ4v) is 4.17. The van der Waals surface area contributed by atoms with E-state index >= 15 is 0 Å². The molecule has 0 aromatic heterocycles. The van der Waals surface area contributed by atoms with E-state index in [1.807, 2.05) is 7.11 Å². The SMILES string of the molecule is COC1(C(C)(C)C)CC2CCC(C1)N2C(C)C. The summed E-state index contributed by atoms with van der Waals surface area (Å²) in [7, 11) is 1.91. The second-order valence-electron chi connectivity index (χ2n) is 7.28. The van der Waals surface area contributed by atoms with Gasteiger partial charge < -0.3 is 4.74 Å². The van der Waals surface area contributed by atoms with Crippen LogP contribution in [0.3, 0.4) is 0 Å². The van der Waals surface area contributed by atoms with Crippen LogP contribution in [0.25, 0.3) is 0 Å². The van der Waals surface area contributed by atoms with Crippen molar-refractivity contribution in [2.45, 2.75) is 84.0 Å². The van der Waals surface area contributed by atoms with Crippen LogP contribution < -0.4 is 0 Å². The third-order valence-corrected chi connectivity index (χ3v) is 5.16. The van der Waals surface area contributed by atoms with E-state index in [1.165, 1.54) is 25.7 Å². The molecule has 0 aliphatic carbocycles. The Labute approximate surface area is 107 Å². The summed E-state index contributed by atoms with van der Waals surface area (Å²) in [4.78, 5) is 2.74. The average molecular weight is 239 g/mol. The number of methoxy groups -OCH3 is 1. The van der Waals surface area contributed by atoms with E-state index in [9.17, 15) is 0 Å². The van der Waals surface area contributed by atoms with Gasteiger partial charge in [0, 0.05) is 25.2 Å². The van der Waals surface area contributed by atoms with Crippen molar-refractivity contribution < 1.29 is 4.74 Å². The molecule has 0 spiro atoms. The highest BCUT2D eigenvalue weighted by Crippen LogP contribution is 2.50. The Bertz CT molecular complexity index is 265. The number of nitrogens with zero attached hydrogens (tertiary/aromatic N) is 1. The van der Waals surface area contributed by atoms with Gasteiger partial charge in [0.05, 0.1) is 5.60 Å². The van der Waals surface area contributed by atoms with Gasteiger partial charge in [-0.05, 0) is 44.9 Å². The van der Waals surface area contributed by atoms with Crippen molar-refractivity contribution in [3.63, 3.8) is 0 Å². The Balaban J connectivity index is 2.24. The first kappa shape index (κ1) is 13.4. The van der Waals surface area contributed by atoms with E-state index < -0.39 is 0 Å². The van der Waals surface area contributed by atoms with Crippen LogP contribution in [0.4, 0.5) is 0 Å². The maximum Gasteiger partial charge on any atom is 0.0756 e. The Hall–Kier alpha value is -0.0800. The molecule has 0 aromatic rings. The lowest BCUT2D eigenvalue weighted by atomic mass is 9.68. The highest BCUT2D eigenvalue weighted by Gasteiger charge is 2.54. The molecule has 2 heterocycles. The fraction of sp³-hybridized carbons (Fsp3) is 1.00. The van der Waals surface area contributed by atoms with E-state index in [0.717, 1.165) is 12.1 Å². The van der Waals surface area contributed by atoms with E-state index in [1.54, 1.807) is 0 Å². The standard InChI is InChI=1S/C15H29NO/c1-11(2)16-12-7-8-13(16)10-15(9-12,17-6)14(3,4)5/h11-13H,7-10H2,1-6H3. The first-order valence-corrected chi connectivity index (χ1v) is 7.13. The molecule has 2 nitrogen and oxygen atoms in total. The third-order valence-electron chi connectivity index (χ3n) is 5.16. The van der Waals surface area contributed by atoms with Gasteiger partial charge in [-0.1, -0.05) is 20.8 Å². The van der Waals surface area contributed by atoms with Crippen LogP contribution in [-0.4, -0.2) is 35.7 Å². The first-order valence-electron chi connectivity index (χ1n) is 7.13. The summed E-state index contributed by atoms with van der Waals surface area (Å²) in [6.07, 6.45) is 5.15. The Kier molecular flexibility index (Phi) is 3.33. The van der Waals surface area contributed by atoms with Crippen molar-refractivity contribution in [1.29, 1.82) is 0 Å². The van der Waals surface area contributed by atoms with Gasteiger partial charge in [-0.15, -0.1) is 0 Å². The summed E-state index contributed by atoms with van der Waals surface area (Å²) >= 11 is 0. The molecule has 0 N–H and O–H groups in total. The number of ether oxygens (including phenoxy) is 1. The van der Waals surface area contributed by atoms with Crippen molar-refractivity contribution in [3.05, 3.63) is 0 Å². The molecule has 0 aromatic carbocycles. The Morgan fingerprint density at radius 1 is 1.12 bits per heavy atom. The normalized spacial score (nSPS) is 39.0. The predicted octanol–water partition coefficient (Wildman–Crippen LogP) is 3.45. The number of rotatable bonds is 2. The molecule has 0 saturated carbocycles. The average Bonchev–Trinajstić information content (AvgIpc) is 2.49. The van der Waals surface area contributed by atoms with Gasteiger partial charge in [0.15, 0.2) is 0 Å². The minimum absolute atomic E-state index is 0.0875. The Morgan fingerprint density at radius 3 is 1.88 bits per heavy atom. The molecule has 2 heteroatoms. The fourth-order valence-electron chi connectivity index (χ4n) is 4.17. The molecular formula is C15H29NO. The Morgan fingerprint density at radius 2 is 1.59 bits per heavy atom. The minimum Gasteiger partial charge on any atom is -0.378 e. The molecule has 0 radical (unpaired) electrons. The van der Waals surface area contributed by atoms with E-state index in [-0.39, 0.29) is 11.0 Å². The number of piperidine rings is 1. The van der Waals surface area contributed by atoms with E-state index in [2.05, 4.69) is 39.5 Å². The summed E-state index contributed by atoms with van der Waals surface area (Å²) < 4.78 is 6.03. The number of hydrogen-bond acceptors (Lipinski definition) is 2. The molecular weight excluding hydrogens is 210 g/mol. The van der Waals surface area contributed by atoms with Crippen LogP contribution in [0.15, 0.2) is 0 Å². The van der Waals surface area contributed by atoms with Crippen LogP contribution >= 0.6 is 0 Å². The first-order chi connectivity index (χ1) is 7.81. The smallest absolute Gasteiger partial charge is 0.0756 e. The van der Waals surface area contributed by atoms with Gasteiger partial charge in [0.2, 0.25) is 0 Å². The van der Waals surface area contributed by atoms with Crippen LogP contribution in [0, 0.1) is 5.41 Å². The molecule has 2 rings (SSSR count). The zero-order valence-electron chi connectivity index (χ0n) is 12.4. The molecule has 2 unspecified atom stereocenters. The van der Waals surface area contributed by atoms with E-state index in [0.29, 0.717) is 6.04 Å². The van der Waals surface area contributed by atoms with Gasteiger partial charge >= 0.3 is 0 Å². The van der Waals surface area contributed by atoms with Crippen molar-refractivity contribution in [2.75, 3.05) is 7.11 Å². The molecule has 2 fully saturated rings. The molecule has 0 amide bonds. The van der Waals surface area contributed by atoms with Gasteiger partial charge in [0.1, 0.15) is 0 Å². The van der Waals surface area contributed by atoms with Gasteiger partial charge in [-0.3, -0.25) is 4.90 Å². The largest absolute Gasteiger partial charge is 0.378 e. The number of fused-ring (bicyclic) bond motifs is 2. The summed E-state index contributed by atoms with van der Waals surface area (Å²) in [6.45, 7) is 11.7. The van der Waals surface area contributed by atoms with Crippen molar-refractivity contribution >= 4 is 0 Å². The summed E-state index contributed by atoms with van der Waals surface area (Å²) in [5.74, 6) is 0. The van der Waals surface area contributed by atoms with Gasteiger partial charge in [-0.2, -0.15) is 0 Å². The molecule has 2 saturated heterocycles. The second kappa shape index (κ2) is 4.24. The zero-order valence-corrected chi connectivity index (χ0v) is 12.4. The van der Waals surface area contributed by atoms with E-state index in [4.69, 9.17) is 4.74 Å². The molecule has 100 valence electrons. The van der Waals surface area contributed by atoms with Crippen molar-refractivity contribution in [2.24, 2.45) is 5.41 Å². The molecule has 2 aliphatic heterocycles. The van der Waals surface area contributed by atoms with Crippen LogP contribution in [0.1, 0.15) is 60.3 Å². The molecule has 2 aliphatic rings. The quantitative estimate of drug-likeness (QED) is 0.732. The molecule has 2 bridgehead atoms. The summed E-state index contributed by atoms with van der Waals surface area (Å²) in [5, 5.41) is 0. The summed E-state index contributed by atoms with van der Waals surface area (Å²) in [5.41, 5.74) is 0.329. The van der Waals surface area contributed by atoms with Gasteiger partial charge in [-0.25, -0.2) is 0 Å². The monoisotopic (exact) mass is 239 g/mol. The zero-order chi connectivity index (χ0) is 12.8. The highest BCUT2D eigenvalue weighted by atomic mass is 16.5. The molecule has 2 atom stereocenters. The topological polar surface area (TPSA) is 12.5 Å². The number of hydrogen-bond donors (Lipinski definition) is 0. The third kappa shape index (κ3) is 2.04. The van der Waals surface area contributed by atoms with Gasteiger partial charge in [0.25, 0.3) is 0 Å². The van der Waals surface area contributed by atoms with Crippen LogP contribution in [0.2, 0.25) is 0 Å².